The summed E-state index contributed by atoms with van der Waals surface area (Å²) < 4.78 is 1.99. The molecule has 2 amide bonds. The Labute approximate surface area is 199 Å². The smallest absolute Gasteiger partial charge is 0.247 e. The average Bonchev–Trinajstić information content (AvgIpc) is 3.22. The fourth-order valence-corrected chi connectivity index (χ4v) is 5.23. The quantitative estimate of drug-likeness (QED) is 0.441. The van der Waals surface area contributed by atoms with Crippen molar-refractivity contribution in [1.82, 2.24) is 19.8 Å². The molecule has 174 valence electrons. The highest BCUT2D eigenvalue weighted by Gasteiger charge is 2.40. The molecule has 2 aromatic carbocycles. The fourth-order valence-electron chi connectivity index (χ4n) is 4.39. The Bertz CT molecular complexity index is 1100. The Morgan fingerprint density at radius 2 is 1.85 bits per heavy atom. The Hall–Kier alpha value is -2.80. The summed E-state index contributed by atoms with van der Waals surface area (Å²) in [6.07, 6.45) is 2.22. The Morgan fingerprint density at radius 3 is 2.64 bits per heavy atom. The van der Waals surface area contributed by atoms with Gasteiger partial charge in [0.15, 0.2) is 0 Å². The van der Waals surface area contributed by atoms with Gasteiger partial charge in [0.05, 0.1) is 23.5 Å². The van der Waals surface area contributed by atoms with E-state index >= 15 is 0 Å². The summed E-state index contributed by atoms with van der Waals surface area (Å²) in [4.78, 5) is 33.3. The number of thioether (sulfide) groups is 1. The lowest BCUT2D eigenvalue weighted by molar-refractivity contribution is -0.142. The zero-order valence-corrected chi connectivity index (χ0v) is 20.2. The molecule has 1 aromatic heterocycles. The van der Waals surface area contributed by atoms with E-state index in [0.29, 0.717) is 13.1 Å². The van der Waals surface area contributed by atoms with Crippen molar-refractivity contribution in [2.45, 2.75) is 51.7 Å². The lowest BCUT2D eigenvalue weighted by Gasteiger charge is -2.38. The molecule has 7 heteroatoms. The Balaban J connectivity index is 1.56. The van der Waals surface area contributed by atoms with E-state index in [4.69, 9.17) is 4.98 Å². The number of imidazole rings is 1. The second-order valence-electron chi connectivity index (χ2n) is 8.49. The van der Waals surface area contributed by atoms with Gasteiger partial charge in [-0.05, 0) is 49.0 Å². The van der Waals surface area contributed by atoms with Crippen LogP contribution < -0.4 is 5.32 Å². The molecule has 0 unspecified atom stereocenters. The number of hydrogen-bond donors (Lipinski definition) is 1. The van der Waals surface area contributed by atoms with E-state index < -0.39 is 6.04 Å². The van der Waals surface area contributed by atoms with Gasteiger partial charge in [-0.15, -0.1) is 0 Å². The molecule has 3 aromatic rings. The first-order chi connectivity index (χ1) is 16.1. The third kappa shape index (κ3) is 5.24. The van der Waals surface area contributed by atoms with Gasteiger partial charge in [-0.3, -0.25) is 9.59 Å². The maximum Gasteiger partial charge on any atom is 0.247 e. The minimum atomic E-state index is -0.596. The number of carbonyl (C=O) groups is 2. The van der Waals surface area contributed by atoms with E-state index in [1.165, 1.54) is 6.42 Å². The van der Waals surface area contributed by atoms with Crippen LogP contribution in [0.4, 0.5) is 0 Å². The number of nitrogens with zero attached hydrogens (tertiary/aromatic N) is 3. The molecule has 0 aliphatic carbocycles. The molecule has 1 N–H and O–H groups in total. The first kappa shape index (κ1) is 23.4. The molecular weight excluding hydrogens is 432 g/mol. The van der Waals surface area contributed by atoms with E-state index in [1.807, 2.05) is 82.7 Å². The van der Waals surface area contributed by atoms with Crippen LogP contribution in [0, 0.1) is 0 Å². The lowest BCUT2D eigenvalue weighted by Crippen LogP contribution is -2.46. The predicted octanol–water partition coefficient (Wildman–Crippen LogP) is 4.72. The number of rotatable bonds is 10. The van der Waals surface area contributed by atoms with E-state index in [0.717, 1.165) is 40.3 Å². The summed E-state index contributed by atoms with van der Waals surface area (Å²) >= 11 is 1.91. The van der Waals surface area contributed by atoms with Gasteiger partial charge in [-0.2, -0.15) is 11.8 Å². The molecule has 2 heterocycles. The van der Waals surface area contributed by atoms with E-state index in [-0.39, 0.29) is 24.3 Å². The van der Waals surface area contributed by atoms with Gasteiger partial charge in [0.2, 0.25) is 11.8 Å². The molecule has 33 heavy (non-hydrogen) atoms. The van der Waals surface area contributed by atoms with Gasteiger partial charge in [-0.1, -0.05) is 49.4 Å². The largest absolute Gasteiger partial charge is 0.356 e. The van der Waals surface area contributed by atoms with Crippen molar-refractivity contribution in [3.8, 4) is 0 Å². The fraction of sp³-hybridized carbons (Fsp3) is 0.423. The molecule has 0 fully saturated rings. The molecule has 0 saturated heterocycles. The molecule has 0 spiro atoms. The standard InChI is InChI=1S/C26H32N4O2S/c1-3-15-33-16-9-14-27-24(31)17-23-26(32)29(18-20-10-5-4-6-11-20)19(2)25-28-21-12-7-8-13-22(21)30(23)25/h4-8,10-13,19,23H,3,9,14-18H2,1-2H3,(H,27,31)/t19-,23-/m0/s1. The molecule has 2 atom stereocenters. The molecule has 1 aliphatic heterocycles. The number of aromatic nitrogens is 2. The van der Waals surface area contributed by atoms with Crippen LogP contribution in [0.5, 0.6) is 0 Å². The van der Waals surface area contributed by atoms with Crippen molar-refractivity contribution in [1.29, 1.82) is 0 Å². The second kappa shape index (κ2) is 10.9. The van der Waals surface area contributed by atoms with Crippen LogP contribution in [-0.4, -0.2) is 44.3 Å². The topological polar surface area (TPSA) is 67.2 Å². The number of benzene rings is 2. The minimum absolute atomic E-state index is 0.0318. The predicted molar refractivity (Wildman–Crippen MR) is 134 cm³/mol. The van der Waals surface area contributed by atoms with Crippen molar-refractivity contribution in [2.24, 2.45) is 0 Å². The molecule has 1 aliphatic rings. The lowest BCUT2D eigenvalue weighted by atomic mass is 10.0. The Morgan fingerprint density at radius 1 is 1.09 bits per heavy atom. The summed E-state index contributed by atoms with van der Waals surface area (Å²) in [7, 11) is 0. The van der Waals surface area contributed by atoms with Crippen LogP contribution in [0.3, 0.4) is 0 Å². The molecule has 4 rings (SSSR count). The van der Waals surface area contributed by atoms with E-state index in [9.17, 15) is 9.59 Å². The van der Waals surface area contributed by atoms with Gasteiger partial charge >= 0.3 is 0 Å². The van der Waals surface area contributed by atoms with E-state index in [2.05, 4.69) is 12.2 Å². The van der Waals surface area contributed by atoms with Crippen molar-refractivity contribution in [3.63, 3.8) is 0 Å². The summed E-state index contributed by atoms with van der Waals surface area (Å²) in [5.74, 6) is 2.90. The molecule has 0 bridgehead atoms. The summed E-state index contributed by atoms with van der Waals surface area (Å²) in [5, 5.41) is 3.02. The van der Waals surface area contributed by atoms with Crippen LogP contribution >= 0.6 is 11.8 Å². The summed E-state index contributed by atoms with van der Waals surface area (Å²) in [6.45, 7) is 5.32. The van der Waals surface area contributed by atoms with Gasteiger partial charge in [0, 0.05) is 13.1 Å². The first-order valence-corrected chi connectivity index (χ1v) is 12.9. The van der Waals surface area contributed by atoms with Crippen molar-refractivity contribution < 1.29 is 9.59 Å². The number of para-hydroxylation sites is 2. The highest BCUT2D eigenvalue weighted by atomic mass is 32.2. The maximum absolute atomic E-state index is 13.7. The number of amides is 2. The van der Waals surface area contributed by atoms with Crippen molar-refractivity contribution in [3.05, 3.63) is 66.0 Å². The minimum Gasteiger partial charge on any atom is -0.356 e. The third-order valence-electron chi connectivity index (χ3n) is 6.05. The molecular formula is C26H32N4O2S. The summed E-state index contributed by atoms with van der Waals surface area (Å²) in [6, 6.07) is 17.0. The van der Waals surface area contributed by atoms with Crippen molar-refractivity contribution in [2.75, 3.05) is 18.1 Å². The van der Waals surface area contributed by atoms with Gasteiger partial charge in [-0.25, -0.2) is 4.98 Å². The van der Waals surface area contributed by atoms with Crippen LogP contribution in [-0.2, 0) is 16.1 Å². The highest BCUT2D eigenvalue weighted by Crippen LogP contribution is 2.37. The average molecular weight is 465 g/mol. The van der Waals surface area contributed by atoms with Gasteiger partial charge in [0.25, 0.3) is 0 Å². The monoisotopic (exact) mass is 464 g/mol. The van der Waals surface area contributed by atoms with Gasteiger partial charge in [0.1, 0.15) is 11.9 Å². The number of fused-ring (bicyclic) bond motifs is 3. The maximum atomic E-state index is 13.7. The van der Waals surface area contributed by atoms with E-state index in [1.54, 1.807) is 0 Å². The van der Waals surface area contributed by atoms with Crippen LogP contribution in [0.25, 0.3) is 11.0 Å². The normalized spacial score (nSPS) is 17.9. The SMILES string of the molecule is CCCSCCCNC(=O)C[C@H]1C(=O)N(Cc2ccccc2)[C@@H](C)c2nc3ccccc3n21. The molecule has 6 nitrogen and oxygen atoms in total. The Kier molecular flexibility index (Phi) is 7.70. The van der Waals surface area contributed by atoms with Crippen LogP contribution in [0.2, 0.25) is 0 Å². The number of hydrogen-bond acceptors (Lipinski definition) is 4. The van der Waals surface area contributed by atoms with Crippen molar-refractivity contribution >= 4 is 34.6 Å². The van der Waals surface area contributed by atoms with Gasteiger partial charge < -0.3 is 14.8 Å². The zero-order chi connectivity index (χ0) is 23.2. The van der Waals surface area contributed by atoms with Crippen LogP contribution in [0.15, 0.2) is 54.6 Å². The second-order valence-corrected chi connectivity index (χ2v) is 9.72. The third-order valence-corrected chi connectivity index (χ3v) is 7.33. The zero-order valence-electron chi connectivity index (χ0n) is 19.4. The molecule has 0 radical (unpaired) electrons. The summed E-state index contributed by atoms with van der Waals surface area (Å²) in [5.41, 5.74) is 2.82. The highest BCUT2D eigenvalue weighted by molar-refractivity contribution is 7.99. The molecule has 0 saturated carbocycles. The number of nitrogens with one attached hydrogen (secondary N) is 1. The first-order valence-electron chi connectivity index (χ1n) is 11.8. The van der Waals surface area contributed by atoms with Crippen LogP contribution in [0.1, 0.15) is 56.6 Å². The number of carbonyl (C=O) groups excluding carboxylic acids is 2.